The summed E-state index contributed by atoms with van der Waals surface area (Å²) in [6.45, 7) is 4.36. The smallest absolute Gasteiger partial charge is 0.0178 e. The molecule has 3 N–H and O–H groups in total. The van der Waals surface area contributed by atoms with Crippen molar-refractivity contribution in [1.82, 2.24) is 5.32 Å². The van der Waals surface area contributed by atoms with Gasteiger partial charge in [-0.1, -0.05) is 22.0 Å². The van der Waals surface area contributed by atoms with Crippen LogP contribution in [0.3, 0.4) is 0 Å². The average Bonchev–Trinajstić information content (AvgIpc) is 2.26. The van der Waals surface area contributed by atoms with Crippen molar-refractivity contribution in [1.29, 1.82) is 0 Å². The maximum atomic E-state index is 5.77. The highest BCUT2D eigenvalue weighted by Crippen LogP contribution is 2.24. The normalized spacial score (nSPS) is 23.5. The Morgan fingerprint density at radius 2 is 2.18 bits per heavy atom. The van der Waals surface area contributed by atoms with Crippen LogP contribution in [0, 0.1) is 12.8 Å². The first-order valence-electron chi connectivity index (χ1n) is 6.36. The quantitative estimate of drug-likeness (QED) is 0.820. The highest BCUT2D eigenvalue weighted by molar-refractivity contribution is 9.10. The maximum absolute atomic E-state index is 5.77. The van der Waals surface area contributed by atoms with E-state index in [4.69, 9.17) is 5.73 Å². The Bertz CT molecular complexity index is 372. The van der Waals surface area contributed by atoms with Gasteiger partial charge in [-0.3, -0.25) is 0 Å². The number of rotatable bonds is 5. The zero-order valence-corrected chi connectivity index (χ0v) is 12.0. The van der Waals surface area contributed by atoms with Crippen LogP contribution in [-0.2, 0) is 6.42 Å². The first-order chi connectivity index (χ1) is 8.15. The largest absolute Gasteiger partial charge is 0.328 e. The number of halogens is 1. The lowest BCUT2D eigenvalue weighted by Gasteiger charge is -2.32. The van der Waals surface area contributed by atoms with E-state index in [-0.39, 0.29) is 0 Å². The SMILES string of the molecule is Cc1ccc(Br)cc1CCNCC1CC(N)C1. The summed E-state index contributed by atoms with van der Waals surface area (Å²) in [5, 5.41) is 3.53. The molecule has 0 aromatic heterocycles. The van der Waals surface area contributed by atoms with Crippen LogP contribution < -0.4 is 11.1 Å². The second-order valence-corrected chi connectivity index (χ2v) is 6.04. The molecule has 1 aromatic carbocycles. The molecule has 0 heterocycles. The first-order valence-corrected chi connectivity index (χ1v) is 7.16. The molecular weight excluding hydrogens is 276 g/mol. The highest BCUT2D eigenvalue weighted by atomic mass is 79.9. The molecule has 1 aliphatic rings. The Hall–Kier alpha value is -0.380. The Morgan fingerprint density at radius 3 is 2.88 bits per heavy atom. The lowest BCUT2D eigenvalue weighted by atomic mass is 9.81. The van der Waals surface area contributed by atoms with Crippen LogP contribution in [0.15, 0.2) is 22.7 Å². The molecule has 17 heavy (non-hydrogen) atoms. The van der Waals surface area contributed by atoms with Crippen molar-refractivity contribution in [2.45, 2.75) is 32.2 Å². The van der Waals surface area contributed by atoms with E-state index in [1.54, 1.807) is 0 Å². The molecule has 2 nitrogen and oxygen atoms in total. The number of nitrogens with two attached hydrogens (primary N) is 1. The van der Waals surface area contributed by atoms with Gasteiger partial charge >= 0.3 is 0 Å². The van der Waals surface area contributed by atoms with Crippen LogP contribution >= 0.6 is 15.9 Å². The van der Waals surface area contributed by atoms with E-state index in [0.717, 1.165) is 25.4 Å². The zero-order chi connectivity index (χ0) is 12.3. The zero-order valence-electron chi connectivity index (χ0n) is 10.4. The van der Waals surface area contributed by atoms with Gasteiger partial charge in [0.1, 0.15) is 0 Å². The van der Waals surface area contributed by atoms with Crippen molar-refractivity contribution < 1.29 is 0 Å². The Morgan fingerprint density at radius 1 is 1.41 bits per heavy atom. The predicted molar refractivity (Wildman–Crippen MR) is 76.2 cm³/mol. The number of aryl methyl sites for hydroxylation is 1. The van der Waals surface area contributed by atoms with Gasteiger partial charge in [-0.15, -0.1) is 0 Å². The summed E-state index contributed by atoms with van der Waals surface area (Å²) in [4.78, 5) is 0. The number of hydrogen-bond acceptors (Lipinski definition) is 2. The minimum Gasteiger partial charge on any atom is -0.328 e. The van der Waals surface area contributed by atoms with Crippen LogP contribution in [-0.4, -0.2) is 19.1 Å². The molecule has 0 atom stereocenters. The number of nitrogens with one attached hydrogen (secondary N) is 1. The highest BCUT2D eigenvalue weighted by Gasteiger charge is 2.24. The summed E-state index contributed by atoms with van der Waals surface area (Å²) >= 11 is 3.52. The van der Waals surface area contributed by atoms with Crippen LogP contribution in [0.25, 0.3) is 0 Å². The van der Waals surface area contributed by atoms with Crippen LogP contribution in [0.5, 0.6) is 0 Å². The van der Waals surface area contributed by atoms with Gasteiger partial charge in [-0.25, -0.2) is 0 Å². The predicted octanol–water partition coefficient (Wildman–Crippen LogP) is 2.63. The number of benzene rings is 1. The molecule has 0 amide bonds. The third-order valence-electron chi connectivity index (χ3n) is 3.59. The molecule has 2 rings (SSSR count). The van der Waals surface area contributed by atoms with E-state index in [1.165, 1.54) is 28.4 Å². The first kappa shape index (κ1) is 13.1. The Labute approximate surface area is 112 Å². The van der Waals surface area contributed by atoms with E-state index in [9.17, 15) is 0 Å². The summed E-state index contributed by atoms with van der Waals surface area (Å²) in [6.07, 6.45) is 3.50. The third-order valence-corrected chi connectivity index (χ3v) is 4.08. The van der Waals surface area contributed by atoms with E-state index in [0.29, 0.717) is 6.04 Å². The Kier molecular flexibility index (Phi) is 4.60. The van der Waals surface area contributed by atoms with Gasteiger partial charge in [0.15, 0.2) is 0 Å². The number of hydrogen-bond donors (Lipinski definition) is 2. The lowest BCUT2D eigenvalue weighted by molar-refractivity contribution is 0.257. The third kappa shape index (κ3) is 3.80. The van der Waals surface area contributed by atoms with Crippen molar-refractivity contribution >= 4 is 15.9 Å². The van der Waals surface area contributed by atoms with E-state index in [2.05, 4.69) is 46.4 Å². The summed E-state index contributed by atoms with van der Waals surface area (Å²) in [6, 6.07) is 6.96. The molecule has 0 saturated heterocycles. The van der Waals surface area contributed by atoms with Gasteiger partial charge < -0.3 is 11.1 Å². The lowest BCUT2D eigenvalue weighted by Crippen LogP contribution is -2.41. The van der Waals surface area contributed by atoms with E-state index in [1.807, 2.05) is 0 Å². The molecule has 3 heteroatoms. The molecule has 0 bridgehead atoms. The molecule has 0 unspecified atom stereocenters. The van der Waals surface area contributed by atoms with Gasteiger partial charge in [-0.2, -0.15) is 0 Å². The topological polar surface area (TPSA) is 38.0 Å². The molecular formula is C14H21BrN2. The van der Waals surface area contributed by atoms with Gasteiger partial charge in [0, 0.05) is 10.5 Å². The molecule has 0 aliphatic heterocycles. The molecule has 1 saturated carbocycles. The summed E-state index contributed by atoms with van der Waals surface area (Å²) < 4.78 is 1.17. The van der Waals surface area contributed by atoms with Gasteiger partial charge in [0.2, 0.25) is 0 Å². The van der Waals surface area contributed by atoms with E-state index < -0.39 is 0 Å². The summed E-state index contributed by atoms with van der Waals surface area (Å²) in [5.74, 6) is 0.814. The average molecular weight is 297 g/mol. The molecule has 1 aromatic rings. The van der Waals surface area contributed by atoms with Crippen molar-refractivity contribution in [2.24, 2.45) is 11.7 Å². The van der Waals surface area contributed by atoms with Crippen LogP contribution in [0.4, 0.5) is 0 Å². The van der Waals surface area contributed by atoms with E-state index >= 15 is 0 Å². The second kappa shape index (κ2) is 5.98. The fourth-order valence-corrected chi connectivity index (χ4v) is 2.80. The summed E-state index contributed by atoms with van der Waals surface area (Å²) in [7, 11) is 0. The second-order valence-electron chi connectivity index (χ2n) is 5.12. The van der Waals surface area contributed by atoms with Gasteiger partial charge in [0.05, 0.1) is 0 Å². The van der Waals surface area contributed by atoms with Crippen LogP contribution in [0.2, 0.25) is 0 Å². The standard InChI is InChI=1S/C14H21BrN2/c1-10-2-3-13(15)8-12(10)4-5-17-9-11-6-14(16)7-11/h2-3,8,11,14,17H,4-7,9,16H2,1H3. The van der Waals surface area contributed by atoms with Crippen LogP contribution in [0.1, 0.15) is 24.0 Å². The minimum atomic E-state index is 0.467. The fraction of sp³-hybridized carbons (Fsp3) is 0.571. The van der Waals surface area contributed by atoms with Crippen molar-refractivity contribution in [2.75, 3.05) is 13.1 Å². The van der Waals surface area contributed by atoms with Crippen molar-refractivity contribution in [3.05, 3.63) is 33.8 Å². The summed E-state index contributed by atoms with van der Waals surface area (Å²) in [5.41, 5.74) is 8.57. The molecule has 1 fully saturated rings. The van der Waals surface area contributed by atoms with Crippen molar-refractivity contribution in [3.8, 4) is 0 Å². The monoisotopic (exact) mass is 296 g/mol. The molecule has 94 valence electrons. The Balaban J connectivity index is 1.69. The maximum Gasteiger partial charge on any atom is 0.0178 e. The fourth-order valence-electron chi connectivity index (χ4n) is 2.39. The molecule has 0 radical (unpaired) electrons. The minimum absolute atomic E-state index is 0.467. The van der Waals surface area contributed by atoms with Gasteiger partial charge in [-0.05, 0) is 68.5 Å². The molecule has 1 aliphatic carbocycles. The van der Waals surface area contributed by atoms with Crippen molar-refractivity contribution in [3.63, 3.8) is 0 Å². The molecule has 0 spiro atoms. The van der Waals surface area contributed by atoms with Gasteiger partial charge in [0.25, 0.3) is 0 Å².